The topological polar surface area (TPSA) is 58.2 Å². The molecule has 4 nitrogen and oxygen atoms in total. The van der Waals surface area contributed by atoms with Gasteiger partial charge in [0.2, 0.25) is 10.0 Å². The van der Waals surface area contributed by atoms with Crippen LogP contribution in [0.1, 0.15) is 39.7 Å². The normalized spacial score (nSPS) is 14.9. The first-order valence-corrected chi connectivity index (χ1v) is 9.21. The molecule has 21 heavy (non-hydrogen) atoms. The zero-order chi connectivity index (χ0) is 15.9. The molecule has 1 aromatic rings. The van der Waals surface area contributed by atoms with Gasteiger partial charge in [0, 0.05) is 6.04 Å². The van der Waals surface area contributed by atoms with E-state index in [1.54, 1.807) is 12.1 Å². The molecule has 0 fully saturated rings. The second-order valence-electron chi connectivity index (χ2n) is 5.54. The van der Waals surface area contributed by atoms with Crippen molar-refractivity contribution in [3.05, 3.63) is 29.8 Å². The third kappa shape index (κ3) is 5.77. The van der Waals surface area contributed by atoms with Crippen molar-refractivity contribution in [1.29, 1.82) is 0 Å². The molecule has 0 aliphatic heterocycles. The highest BCUT2D eigenvalue weighted by Gasteiger charge is 2.20. The molecule has 2 atom stereocenters. The first-order valence-electron chi connectivity index (χ1n) is 7.72. The molecule has 2 N–H and O–H groups in total. The van der Waals surface area contributed by atoms with Crippen LogP contribution in [0.25, 0.3) is 0 Å². The third-order valence-electron chi connectivity index (χ3n) is 3.91. The number of likely N-dealkylation sites (N-methyl/N-ethyl adjacent to an activating group) is 1. The predicted octanol–water partition coefficient (Wildman–Crippen LogP) is 2.55. The van der Waals surface area contributed by atoms with Gasteiger partial charge in [0.05, 0.1) is 4.90 Å². The van der Waals surface area contributed by atoms with Crippen LogP contribution in [0.5, 0.6) is 0 Å². The van der Waals surface area contributed by atoms with E-state index in [4.69, 9.17) is 0 Å². The van der Waals surface area contributed by atoms with Gasteiger partial charge < -0.3 is 5.32 Å². The maximum Gasteiger partial charge on any atom is 0.240 e. The highest BCUT2D eigenvalue weighted by atomic mass is 32.2. The van der Waals surface area contributed by atoms with Gasteiger partial charge in [-0.1, -0.05) is 39.3 Å². The SMILES string of the molecule is CCNCCc1ccc(S(=O)(=O)NC(C)C(C)CC)cc1. The van der Waals surface area contributed by atoms with Crippen LogP contribution in [-0.2, 0) is 16.4 Å². The Bertz CT molecular complexity index is 512. The van der Waals surface area contributed by atoms with E-state index in [0.29, 0.717) is 10.8 Å². The van der Waals surface area contributed by atoms with Crippen LogP contribution in [0.2, 0.25) is 0 Å². The Kier molecular flexibility index (Phi) is 7.35. The summed E-state index contributed by atoms with van der Waals surface area (Å²) >= 11 is 0. The van der Waals surface area contributed by atoms with E-state index < -0.39 is 10.0 Å². The third-order valence-corrected chi connectivity index (χ3v) is 5.49. The molecule has 0 bridgehead atoms. The van der Waals surface area contributed by atoms with E-state index in [-0.39, 0.29) is 6.04 Å². The molecule has 0 aliphatic carbocycles. The maximum atomic E-state index is 12.3. The van der Waals surface area contributed by atoms with E-state index in [1.165, 1.54) is 0 Å². The van der Waals surface area contributed by atoms with E-state index in [0.717, 1.165) is 31.5 Å². The van der Waals surface area contributed by atoms with E-state index >= 15 is 0 Å². The van der Waals surface area contributed by atoms with Crippen molar-refractivity contribution in [2.75, 3.05) is 13.1 Å². The number of rotatable bonds is 9. The van der Waals surface area contributed by atoms with Gasteiger partial charge in [-0.25, -0.2) is 13.1 Å². The number of sulfonamides is 1. The standard InChI is InChI=1S/C16H28N2O2S/c1-5-13(3)14(4)18-21(19,20)16-9-7-15(8-10-16)11-12-17-6-2/h7-10,13-14,17-18H,5-6,11-12H2,1-4H3. The number of hydrogen-bond donors (Lipinski definition) is 2. The highest BCUT2D eigenvalue weighted by Crippen LogP contribution is 2.14. The van der Waals surface area contributed by atoms with E-state index in [1.807, 2.05) is 19.1 Å². The summed E-state index contributed by atoms with van der Waals surface area (Å²) in [5, 5.41) is 3.26. The molecule has 1 aromatic carbocycles. The van der Waals surface area contributed by atoms with Crippen molar-refractivity contribution in [2.24, 2.45) is 5.92 Å². The van der Waals surface area contributed by atoms with Gasteiger partial charge in [-0.05, 0) is 50.0 Å². The average molecular weight is 312 g/mol. The van der Waals surface area contributed by atoms with Crippen LogP contribution in [0.3, 0.4) is 0 Å². The Morgan fingerprint density at radius 2 is 1.71 bits per heavy atom. The minimum atomic E-state index is -3.42. The molecule has 5 heteroatoms. The Morgan fingerprint density at radius 3 is 2.24 bits per heavy atom. The van der Waals surface area contributed by atoms with Crippen LogP contribution >= 0.6 is 0 Å². The Balaban J connectivity index is 2.71. The van der Waals surface area contributed by atoms with Crippen LogP contribution in [0, 0.1) is 5.92 Å². The molecule has 0 aromatic heterocycles. The Morgan fingerprint density at radius 1 is 1.10 bits per heavy atom. The highest BCUT2D eigenvalue weighted by molar-refractivity contribution is 7.89. The van der Waals surface area contributed by atoms with Crippen LogP contribution in [0.4, 0.5) is 0 Å². The molecule has 0 aliphatic rings. The molecule has 0 heterocycles. The molecule has 120 valence electrons. The smallest absolute Gasteiger partial charge is 0.240 e. The molecule has 2 unspecified atom stereocenters. The lowest BCUT2D eigenvalue weighted by molar-refractivity contribution is 0.434. The van der Waals surface area contributed by atoms with Gasteiger partial charge in [-0.15, -0.1) is 0 Å². The van der Waals surface area contributed by atoms with Gasteiger partial charge in [-0.2, -0.15) is 0 Å². The van der Waals surface area contributed by atoms with Gasteiger partial charge in [0.1, 0.15) is 0 Å². The van der Waals surface area contributed by atoms with Crippen molar-refractivity contribution in [1.82, 2.24) is 10.0 Å². The number of benzene rings is 1. The molecule has 0 radical (unpaired) electrons. The molecular formula is C16H28N2O2S. The van der Waals surface area contributed by atoms with Crippen molar-refractivity contribution in [2.45, 2.75) is 51.5 Å². The summed E-state index contributed by atoms with van der Waals surface area (Å²) in [5.41, 5.74) is 1.14. The van der Waals surface area contributed by atoms with E-state index in [2.05, 4.69) is 30.8 Å². The lowest BCUT2D eigenvalue weighted by atomic mass is 10.0. The van der Waals surface area contributed by atoms with Crippen LogP contribution < -0.4 is 10.0 Å². The molecule has 1 rings (SSSR count). The quantitative estimate of drug-likeness (QED) is 0.689. The fourth-order valence-corrected chi connectivity index (χ4v) is 3.38. The summed E-state index contributed by atoms with van der Waals surface area (Å²) in [6, 6.07) is 7.09. The summed E-state index contributed by atoms with van der Waals surface area (Å²) < 4.78 is 27.4. The minimum Gasteiger partial charge on any atom is -0.317 e. The van der Waals surface area contributed by atoms with Crippen LogP contribution in [0.15, 0.2) is 29.2 Å². The van der Waals surface area contributed by atoms with Gasteiger partial charge in [-0.3, -0.25) is 0 Å². The van der Waals surface area contributed by atoms with Crippen molar-refractivity contribution < 1.29 is 8.42 Å². The van der Waals surface area contributed by atoms with Crippen molar-refractivity contribution in [3.63, 3.8) is 0 Å². The minimum absolute atomic E-state index is 0.0616. The number of nitrogens with one attached hydrogen (secondary N) is 2. The Labute approximate surface area is 129 Å². The Hall–Kier alpha value is -0.910. The second kappa shape index (κ2) is 8.51. The van der Waals surface area contributed by atoms with E-state index in [9.17, 15) is 8.42 Å². The van der Waals surface area contributed by atoms with Crippen molar-refractivity contribution >= 4 is 10.0 Å². The molecule has 0 saturated heterocycles. The molecule has 0 amide bonds. The first kappa shape index (κ1) is 18.1. The fourth-order valence-electron chi connectivity index (χ4n) is 2.03. The summed E-state index contributed by atoms with van der Waals surface area (Å²) in [7, 11) is -3.42. The molecular weight excluding hydrogens is 284 g/mol. The first-order chi connectivity index (χ1) is 9.90. The maximum absolute atomic E-state index is 12.3. The largest absolute Gasteiger partial charge is 0.317 e. The molecule has 0 saturated carbocycles. The average Bonchev–Trinajstić information content (AvgIpc) is 2.46. The zero-order valence-electron chi connectivity index (χ0n) is 13.5. The lowest BCUT2D eigenvalue weighted by Gasteiger charge is -2.19. The van der Waals surface area contributed by atoms with Gasteiger partial charge in [0.15, 0.2) is 0 Å². The number of hydrogen-bond acceptors (Lipinski definition) is 3. The monoisotopic (exact) mass is 312 g/mol. The van der Waals surface area contributed by atoms with Gasteiger partial charge >= 0.3 is 0 Å². The zero-order valence-corrected chi connectivity index (χ0v) is 14.3. The predicted molar refractivity (Wildman–Crippen MR) is 87.9 cm³/mol. The molecule has 0 spiro atoms. The second-order valence-corrected chi connectivity index (χ2v) is 7.26. The van der Waals surface area contributed by atoms with Crippen molar-refractivity contribution in [3.8, 4) is 0 Å². The summed E-state index contributed by atoms with van der Waals surface area (Å²) in [4.78, 5) is 0.338. The summed E-state index contributed by atoms with van der Waals surface area (Å²) in [6.07, 6.45) is 1.86. The fraction of sp³-hybridized carbons (Fsp3) is 0.625. The van der Waals surface area contributed by atoms with Gasteiger partial charge in [0.25, 0.3) is 0 Å². The summed E-state index contributed by atoms with van der Waals surface area (Å²) in [6.45, 7) is 9.96. The van der Waals surface area contributed by atoms with Crippen LogP contribution in [-0.4, -0.2) is 27.5 Å². The lowest BCUT2D eigenvalue weighted by Crippen LogP contribution is -2.36. The summed E-state index contributed by atoms with van der Waals surface area (Å²) in [5.74, 6) is 0.319.